The van der Waals surface area contributed by atoms with Gasteiger partial charge in [-0.2, -0.15) is 15.1 Å². The molecule has 0 aliphatic heterocycles. The summed E-state index contributed by atoms with van der Waals surface area (Å²) in [6.07, 6.45) is 6.57. The van der Waals surface area contributed by atoms with E-state index < -0.39 is 5.91 Å². The van der Waals surface area contributed by atoms with Gasteiger partial charge in [0.05, 0.1) is 11.9 Å². The lowest BCUT2D eigenvalue weighted by Gasteiger charge is -2.09. The number of fused-ring (bicyclic) bond motifs is 1. The topological polar surface area (TPSA) is 133 Å². The van der Waals surface area contributed by atoms with Crippen LogP contribution < -0.4 is 16.1 Å². The first-order valence-electron chi connectivity index (χ1n) is 10.8. The summed E-state index contributed by atoms with van der Waals surface area (Å²) in [5.41, 5.74) is 5.05. The van der Waals surface area contributed by atoms with Crippen molar-refractivity contribution >= 4 is 46.3 Å². The number of aromatic nitrogens is 5. The molecule has 5 aromatic rings. The minimum atomic E-state index is -0.583. The van der Waals surface area contributed by atoms with Crippen LogP contribution in [0.25, 0.3) is 17.1 Å². The van der Waals surface area contributed by atoms with E-state index in [1.165, 1.54) is 6.08 Å². The van der Waals surface area contributed by atoms with Crippen LogP contribution in [-0.2, 0) is 11.3 Å². The second-order valence-corrected chi connectivity index (χ2v) is 7.70. The molecule has 10 nitrogen and oxygen atoms in total. The Hall–Kier alpha value is -4.96. The van der Waals surface area contributed by atoms with Crippen LogP contribution in [0, 0.1) is 0 Å². The van der Waals surface area contributed by atoms with Crippen LogP contribution in [0.15, 0.2) is 85.2 Å². The molecule has 5 N–H and O–H groups in total. The van der Waals surface area contributed by atoms with Gasteiger partial charge in [-0.3, -0.25) is 14.7 Å². The Labute approximate surface area is 200 Å². The van der Waals surface area contributed by atoms with Crippen molar-refractivity contribution in [2.75, 3.05) is 10.6 Å². The molecule has 3 aromatic heterocycles. The van der Waals surface area contributed by atoms with E-state index in [4.69, 9.17) is 5.21 Å². The number of H-pyrrole nitrogens is 1. The number of nitrogens with zero attached hydrogens (tertiary/aromatic N) is 4. The Bertz CT molecular complexity index is 1490. The second kappa shape index (κ2) is 9.89. The van der Waals surface area contributed by atoms with Gasteiger partial charge in [-0.25, -0.2) is 5.48 Å². The van der Waals surface area contributed by atoms with Crippen molar-refractivity contribution in [3.8, 4) is 0 Å². The quantitative estimate of drug-likeness (QED) is 0.131. The number of aromatic amines is 1. The largest absolute Gasteiger partial charge is 0.346 e. The number of carbonyl (C=O) groups is 1. The summed E-state index contributed by atoms with van der Waals surface area (Å²) < 4.78 is 1.79. The molecule has 1 amide bonds. The molecule has 0 radical (unpaired) electrons. The Morgan fingerprint density at radius 3 is 2.77 bits per heavy atom. The zero-order valence-electron chi connectivity index (χ0n) is 18.5. The first kappa shape index (κ1) is 21.9. The number of para-hydroxylation sites is 1. The predicted octanol–water partition coefficient (Wildman–Crippen LogP) is 4.21. The number of nitrogens with one attached hydrogen (secondary N) is 4. The van der Waals surface area contributed by atoms with Crippen molar-refractivity contribution in [2.45, 2.75) is 6.54 Å². The second-order valence-electron chi connectivity index (χ2n) is 7.70. The van der Waals surface area contributed by atoms with Crippen molar-refractivity contribution in [1.82, 2.24) is 30.2 Å². The minimum absolute atomic E-state index is 0.415. The van der Waals surface area contributed by atoms with Gasteiger partial charge in [0.2, 0.25) is 5.95 Å². The summed E-state index contributed by atoms with van der Waals surface area (Å²) in [6.45, 7) is 0.535. The van der Waals surface area contributed by atoms with Crippen LogP contribution in [0.4, 0.5) is 23.3 Å². The molecule has 0 aliphatic carbocycles. The Balaban J connectivity index is 1.32. The fraction of sp³-hybridized carbons (Fsp3) is 0.0400. The van der Waals surface area contributed by atoms with Gasteiger partial charge in [-0.05, 0) is 41.5 Å². The lowest BCUT2D eigenvalue weighted by Crippen LogP contribution is -2.14. The van der Waals surface area contributed by atoms with Gasteiger partial charge in [0.1, 0.15) is 11.5 Å². The first-order chi connectivity index (χ1) is 17.2. The standard InChI is InChI=1S/C25H22N8O2/c34-22(32-35)10-9-17-5-4-6-18(15-17)16-33-14-12-21(31-33)28-25-29-23-20(11-13-26-23)24(30-25)27-19-7-2-1-3-8-19/h1-15,35H,16H2,(H,32,34)(H3,26,27,28,29,30,31)/b10-9+. The maximum atomic E-state index is 11.2. The number of hydroxylamine groups is 1. The monoisotopic (exact) mass is 466 g/mol. The molecule has 0 bridgehead atoms. The van der Waals surface area contributed by atoms with Crippen molar-refractivity contribution in [2.24, 2.45) is 0 Å². The maximum Gasteiger partial charge on any atom is 0.267 e. The lowest BCUT2D eigenvalue weighted by molar-refractivity contribution is -0.124. The molecule has 3 heterocycles. The molecule has 0 fully saturated rings. The third-order valence-electron chi connectivity index (χ3n) is 5.17. The molecule has 2 aromatic carbocycles. The average molecular weight is 467 g/mol. The van der Waals surface area contributed by atoms with Crippen LogP contribution in [0.1, 0.15) is 11.1 Å². The van der Waals surface area contributed by atoms with Gasteiger partial charge in [0, 0.05) is 30.2 Å². The van der Waals surface area contributed by atoms with Crippen molar-refractivity contribution in [3.63, 3.8) is 0 Å². The van der Waals surface area contributed by atoms with Crippen LogP contribution in [0.3, 0.4) is 0 Å². The maximum absolute atomic E-state index is 11.2. The molecular weight excluding hydrogens is 444 g/mol. The molecule has 10 heteroatoms. The van der Waals surface area contributed by atoms with E-state index in [2.05, 4.69) is 30.7 Å². The van der Waals surface area contributed by atoms with E-state index in [1.54, 1.807) is 16.2 Å². The SMILES string of the molecule is O=C(/C=C/c1cccc(Cn2ccc(Nc3nc(Nc4ccccc4)c4cc[nH]c4n3)n2)c1)NO. The first-order valence-corrected chi connectivity index (χ1v) is 10.8. The Morgan fingerprint density at radius 2 is 1.91 bits per heavy atom. The summed E-state index contributed by atoms with van der Waals surface area (Å²) >= 11 is 0. The highest BCUT2D eigenvalue weighted by Crippen LogP contribution is 2.25. The number of amides is 1. The summed E-state index contributed by atoms with van der Waals surface area (Å²) in [5, 5.41) is 20.6. The third kappa shape index (κ3) is 5.34. The lowest BCUT2D eigenvalue weighted by atomic mass is 10.1. The van der Waals surface area contributed by atoms with Gasteiger partial charge >= 0.3 is 0 Å². The predicted molar refractivity (Wildman–Crippen MR) is 134 cm³/mol. The van der Waals surface area contributed by atoms with Crippen LogP contribution in [-0.4, -0.2) is 35.8 Å². The molecule has 0 unspecified atom stereocenters. The van der Waals surface area contributed by atoms with Gasteiger partial charge < -0.3 is 15.6 Å². The summed E-state index contributed by atoms with van der Waals surface area (Å²) in [6, 6.07) is 21.3. The van der Waals surface area contributed by atoms with Gasteiger partial charge in [0.25, 0.3) is 5.91 Å². The van der Waals surface area contributed by atoms with E-state index in [-0.39, 0.29) is 0 Å². The van der Waals surface area contributed by atoms with Crippen molar-refractivity contribution in [3.05, 3.63) is 96.3 Å². The highest BCUT2D eigenvalue weighted by atomic mass is 16.5. The van der Waals surface area contributed by atoms with Crippen LogP contribution in [0.2, 0.25) is 0 Å². The number of hydrogen-bond acceptors (Lipinski definition) is 7. The molecule has 0 aliphatic rings. The van der Waals surface area contributed by atoms with E-state index in [9.17, 15) is 4.79 Å². The fourth-order valence-electron chi connectivity index (χ4n) is 3.57. The van der Waals surface area contributed by atoms with E-state index in [0.717, 1.165) is 22.2 Å². The zero-order chi connectivity index (χ0) is 24.0. The molecule has 0 saturated carbocycles. The van der Waals surface area contributed by atoms with Crippen LogP contribution in [0.5, 0.6) is 0 Å². The molecule has 0 atom stereocenters. The zero-order valence-corrected chi connectivity index (χ0v) is 18.5. The van der Waals surface area contributed by atoms with Crippen molar-refractivity contribution < 1.29 is 10.0 Å². The van der Waals surface area contributed by atoms with E-state index in [0.29, 0.717) is 29.8 Å². The summed E-state index contributed by atoms with van der Waals surface area (Å²) in [4.78, 5) is 23.5. The van der Waals surface area contributed by atoms with E-state index in [1.807, 2.05) is 79.1 Å². The number of anilines is 4. The van der Waals surface area contributed by atoms with Crippen LogP contribution >= 0.6 is 0 Å². The number of hydrogen-bond donors (Lipinski definition) is 5. The number of rotatable bonds is 8. The summed E-state index contributed by atoms with van der Waals surface area (Å²) in [5.74, 6) is 1.12. The van der Waals surface area contributed by atoms with E-state index >= 15 is 0 Å². The highest BCUT2D eigenvalue weighted by Gasteiger charge is 2.11. The number of benzene rings is 2. The molecule has 5 rings (SSSR count). The Kier molecular flexibility index (Phi) is 6.18. The molecular formula is C25H22N8O2. The third-order valence-corrected chi connectivity index (χ3v) is 5.17. The smallest absolute Gasteiger partial charge is 0.267 e. The average Bonchev–Trinajstić information content (AvgIpc) is 3.53. The number of carbonyl (C=O) groups excluding carboxylic acids is 1. The molecule has 35 heavy (non-hydrogen) atoms. The van der Waals surface area contributed by atoms with Gasteiger partial charge in [-0.1, -0.05) is 36.4 Å². The minimum Gasteiger partial charge on any atom is -0.346 e. The normalized spacial score (nSPS) is 11.1. The van der Waals surface area contributed by atoms with Gasteiger partial charge in [-0.15, -0.1) is 0 Å². The van der Waals surface area contributed by atoms with Gasteiger partial charge in [0.15, 0.2) is 5.82 Å². The summed E-state index contributed by atoms with van der Waals surface area (Å²) in [7, 11) is 0. The molecule has 0 saturated heterocycles. The fourth-order valence-corrected chi connectivity index (χ4v) is 3.57. The highest BCUT2D eigenvalue weighted by molar-refractivity contribution is 5.91. The molecule has 174 valence electrons. The van der Waals surface area contributed by atoms with Crippen molar-refractivity contribution in [1.29, 1.82) is 0 Å². The Morgan fingerprint density at radius 1 is 1.03 bits per heavy atom. The molecule has 0 spiro atoms.